The molecule has 0 aromatic heterocycles. The molecule has 0 radical (unpaired) electrons. The second kappa shape index (κ2) is 6.76. The fourth-order valence-electron chi connectivity index (χ4n) is 1.60. The third-order valence-electron chi connectivity index (χ3n) is 2.48. The summed E-state index contributed by atoms with van der Waals surface area (Å²) in [7, 11) is 1.20. The molecule has 0 saturated carbocycles. The van der Waals surface area contributed by atoms with Gasteiger partial charge in [0.1, 0.15) is 0 Å². The summed E-state index contributed by atoms with van der Waals surface area (Å²) in [4.78, 5) is 11.6. The van der Waals surface area contributed by atoms with E-state index in [0.717, 1.165) is 30.6 Å². The summed E-state index contributed by atoms with van der Waals surface area (Å²) in [5.74, 6) is -1.64. The van der Waals surface area contributed by atoms with Crippen LogP contribution >= 0.6 is 0 Å². The van der Waals surface area contributed by atoms with E-state index in [4.69, 9.17) is 0 Å². The Hall–Kier alpha value is -0.740. The largest absolute Gasteiger partial charge is 0.471 e. The topological polar surface area (TPSA) is 20.3 Å². The quantitative estimate of drug-likeness (QED) is 0.652. The van der Waals surface area contributed by atoms with Gasteiger partial charge in [-0.05, 0) is 12.3 Å². The standard InChI is InChI=1S/C11H20F3NO/c1-4-5-6-7-9(2)8-15(3)10(16)11(12,13)14/h9H,4-8H2,1-3H3. The molecule has 0 rings (SSSR count). The first-order valence-electron chi connectivity index (χ1n) is 5.61. The van der Waals surface area contributed by atoms with Gasteiger partial charge in [-0.15, -0.1) is 0 Å². The lowest BCUT2D eigenvalue weighted by atomic mass is 10.0. The summed E-state index contributed by atoms with van der Waals surface area (Å²) in [6.07, 6.45) is -0.710. The van der Waals surface area contributed by atoms with Gasteiger partial charge in [0.15, 0.2) is 0 Å². The molecule has 0 fully saturated rings. The Morgan fingerprint density at radius 2 is 1.88 bits per heavy atom. The van der Waals surface area contributed by atoms with Gasteiger partial charge < -0.3 is 4.90 Å². The van der Waals surface area contributed by atoms with Gasteiger partial charge in [0.05, 0.1) is 0 Å². The molecule has 0 heterocycles. The molecule has 0 aromatic rings. The zero-order valence-corrected chi connectivity index (χ0v) is 10.1. The normalized spacial score (nSPS) is 13.6. The highest BCUT2D eigenvalue weighted by atomic mass is 19.4. The monoisotopic (exact) mass is 239 g/mol. The predicted molar refractivity (Wildman–Crippen MR) is 57.0 cm³/mol. The molecule has 0 aliphatic heterocycles. The van der Waals surface area contributed by atoms with Crippen molar-refractivity contribution in [1.82, 2.24) is 4.90 Å². The van der Waals surface area contributed by atoms with Gasteiger partial charge in [0, 0.05) is 13.6 Å². The molecule has 1 unspecified atom stereocenters. The SMILES string of the molecule is CCCCCC(C)CN(C)C(=O)C(F)(F)F. The number of rotatable bonds is 6. The Bertz CT molecular complexity index is 216. The van der Waals surface area contributed by atoms with Crippen LogP contribution in [-0.2, 0) is 4.79 Å². The van der Waals surface area contributed by atoms with Crippen molar-refractivity contribution in [3.8, 4) is 0 Å². The second-order valence-electron chi connectivity index (χ2n) is 4.28. The molecule has 0 aliphatic carbocycles. The third-order valence-corrected chi connectivity index (χ3v) is 2.48. The average molecular weight is 239 g/mol. The van der Waals surface area contributed by atoms with Crippen LogP contribution in [0.2, 0.25) is 0 Å². The van der Waals surface area contributed by atoms with Crippen molar-refractivity contribution in [3.63, 3.8) is 0 Å². The van der Waals surface area contributed by atoms with Crippen molar-refractivity contribution in [1.29, 1.82) is 0 Å². The first kappa shape index (κ1) is 15.3. The van der Waals surface area contributed by atoms with Crippen LogP contribution < -0.4 is 0 Å². The molecular formula is C11H20F3NO. The van der Waals surface area contributed by atoms with E-state index in [2.05, 4.69) is 6.92 Å². The van der Waals surface area contributed by atoms with Crippen LogP contribution in [-0.4, -0.2) is 30.6 Å². The first-order valence-corrected chi connectivity index (χ1v) is 5.61. The Balaban J connectivity index is 3.95. The molecule has 0 aromatic carbocycles. The zero-order chi connectivity index (χ0) is 12.8. The fraction of sp³-hybridized carbons (Fsp3) is 0.909. The number of nitrogens with zero attached hydrogens (tertiary/aromatic N) is 1. The van der Waals surface area contributed by atoms with E-state index in [0.29, 0.717) is 0 Å². The summed E-state index contributed by atoms with van der Waals surface area (Å²) in [6, 6.07) is 0. The van der Waals surface area contributed by atoms with Crippen LogP contribution in [0, 0.1) is 5.92 Å². The van der Waals surface area contributed by atoms with Crippen molar-refractivity contribution in [2.45, 2.75) is 45.7 Å². The summed E-state index contributed by atoms with van der Waals surface area (Å²) in [5, 5.41) is 0. The molecule has 0 bridgehead atoms. The van der Waals surface area contributed by atoms with Crippen molar-refractivity contribution in [3.05, 3.63) is 0 Å². The highest BCUT2D eigenvalue weighted by Crippen LogP contribution is 2.19. The molecular weight excluding hydrogens is 219 g/mol. The van der Waals surface area contributed by atoms with Crippen LogP contribution in [0.25, 0.3) is 0 Å². The molecule has 16 heavy (non-hydrogen) atoms. The summed E-state index contributed by atoms with van der Waals surface area (Å²) < 4.78 is 36.2. The van der Waals surface area contributed by atoms with Gasteiger partial charge in [-0.1, -0.05) is 33.1 Å². The van der Waals surface area contributed by atoms with E-state index >= 15 is 0 Å². The van der Waals surface area contributed by atoms with Crippen molar-refractivity contribution in [2.75, 3.05) is 13.6 Å². The number of unbranched alkanes of at least 4 members (excludes halogenated alkanes) is 2. The maximum atomic E-state index is 12.1. The van der Waals surface area contributed by atoms with Crippen LogP contribution in [0.3, 0.4) is 0 Å². The van der Waals surface area contributed by atoms with Crippen molar-refractivity contribution < 1.29 is 18.0 Å². The van der Waals surface area contributed by atoms with E-state index in [9.17, 15) is 18.0 Å². The number of hydrogen-bond donors (Lipinski definition) is 0. The molecule has 96 valence electrons. The molecule has 0 spiro atoms. The molecule has 0 saturated heterocycles. The van der Waals surface area contributed by atoms with Crippen LogP contribution in [0.5, 0.6) is 0 Å². The zero-order valence-electron chi connectivity index (χ0n) is 10.1. The number of hydrogen-bond acceptors (Lipinski definition) is 1. The van der Waals surface area contributed by atoms with Gasteiger partial charge in [-0.2, -0.15) is 13.2 Å². The van der Waals surface area contributed by atoms with Crippen LogP contribution in [0.1, 0.15) is 39.5 Å². The van der Waals surface area contributed by atoms with Gasteiger partial charge >= 0.3 is 12.1 Å². The van der Waals surface area contributed by atoms with Crippen LogP contribution in [0.4, 0.5) is 13.2 Å². The highest BCUT2D eigenvalue weighted by Gasteiger charge is 2.41. The molecule has 1 atom stereocenters. The van der Waals surface area contributed by atoms with E-state index in [1.165, 1.54) is 7.05 Å². The van der Waals surface area contributed by atoms with E-state index in [1.54, 1.807) is 0 Å². The molecule has 0 aliphatic rings. The lowest BCUT2D eigenvalue weighted by Crippen LogP contribution is -2.40. The number of alkyl halides is 3. The Morgan fingerprint density at radius 1 is 1.31 bits per heavy atom. The average Bonchev–Trinajstić information content (AvgIpc) is 2.15. The van der Waals surface area contributed by atoms with Gasteiger partial charge in [0.2, 0.25) is 0 Å². The highest BCUT2D eigenvalue weighted by molar-refractivity contribution is 5.81. The molecule has 5 heteroatoms. The Morgan fingerprint density at radius 3 is 2.31 bits per heavy atom. The molecule has 1 amide bonds. The number of carbonyl (C=O) groups is 1. The lowest BCUT2D eigenvalue weighted by Gasteiger charge is -2.22. The Labute approximate surface area is 94.8 Å². The number of halogens is 3. The molecule has 0 N–H and O–H groups in total. The van der Waals surface area contributed by atoms with E-state index < -0.39 is 12.1 Å². The maximum absolute atomic E-state index is 12.1. The minimum Gasteiger partial charge on any atom is -0.338 e. The smallest absolute Gasteiger partial charge is 0.338 e. The number of amides is 1. The second-order valence-corrected chi connectivity index (χ2v) is 4.28. The van der Waals surface area contributed by atoms with Gasteiger partial charge in [-0.25, -0.2) is 0 Å². The summed E-state index contributed by atoms with van der Waals surface area (Å²) >= 11 is 0. The molecule has 2 nitrogen and oxygen atoms in total. The van der Waals surface area contributed by atoms with Gasteiger partial charge in [0.25, 0.3) is 0 Å². The van der Waals surface area contributed by atoms with E-state index in [1.807, 2.05) is 6.92 Å². The van der Waals surface area contributed by atoms with Gasteiger partial charge in [-0.3, -0.25) is 4.79 Å². The maximum Gasteiger partial charge on any atom is 0.471 e. The summed E-state index contributed by atoms with van der Waals surface area (Å²) in [5.41, 5.74) is 0. The van der Waals surface area contributed by atoms with Crippen molar-refractivity contribution >= 4 is 5.91 Å². The lowest BCUT2D eigenvalue weighted by molar-refractivity contribution is -0.184. The fourth-order valence-corrected chi connectivity index (χ4v) is 1.60. The first-order chi connectivity index (χ1) is 7.29. The van der Waals surface area contributed by atoms with Crippen LogP contribution in [0.15, 0.2) is 0 Å². The minimum atomic E-state index is -4.75. The summed E-state index contributed by atoms with van der Waals surface area (Å²) in [6.45, 7) is 4.11. The minimum absolute atomic E-state index is 0.114. The third kappa shape index (κ3) is 5.98. The predicted octanol–water partition coefficient (Wildman–Crippen LogP) is 3.22. The Kier molecular flexibility index (Phi) is 6.45. The number of carbonyl (C=O) groups excluding carboxylic acids is 1. The van der Waals surface area contributed by atoms with E-state index in [-0.39, 0.29) is 12.5 Å². The van der Waals surface area contributed by atoms with Crippen molar-refractivity contribution in [2.24, 2.45) is 5.92 Å².